The smallest absolute Gasteiger partial charge is 0.187 e. The second kappa shape index (κ2) is 9.66. The lowest BCUT2D eigenvalue weighted by molar-refractivity contribution is 0.660. The molecule has 0 fully saturated rings. The standard InChI is InChI=1S/C37H26N4/c1-37(2)31-22-21-26(38-3)23-30(31)33-28(19-12-20-32(33)37)27-17-10-11-18-29(27)36-40-34(24-13-6-4-7-14-24)39-35(41-36)25-15-8-5-9-16-25/h4-23H,1-2H3. The van der Waals surface area contributed by atoms with E-state index in [9.17, 15) is 0 Å². The van der Waals surface area contributed by atoms with Gasteiger partial charge in [-0.25, -0.2) is 19.8 Å². The predicted molar refractivity (Wildman–Crippen MR) is 165 cm³/mol. The Hall–Kier alpha value is -5.40. The minimum atomic E-state index is -0.176. The van der Waals surface area contributed by atoms with Crippen LogP contribution in [0.2, 0.25) is 0 Å². The van der Waals surface area contributed by atoms with Gasteiger partial charge in [-0.05, 0) is 39.4 Å². The average Bonchev–Trinajstić information content (AvgIpc) is 3.27. The van der Waals surface area contributed by atoms with Gasteiger partial charge in [0.25, 0.3) is 0 Å². The summed E-state index contributed by atoms with van der Waals surface area (Å²) in [6, 6.07) is 41.0. The molecule has 0 radical (unpaired) electrons. The molecule has 0 aliphatic heterocycles. The molecule has 0 amide bonds. The molecule has 0 saturated carbocycles. The summed E-state index contributed by atoms with van der Waals surface area (Å²) in [5, 5.41) is 0. The van der Waals surface area contributed by atoms with Crippen molar-refractivity contribution in [3.8, 4) is 56.4 Å². The van der Waals surface area contributed by atoms with Gasteiger partial charge < -0.3 is 0 Å². The Balaban J connectivity index is 1.48. The van der Waals surface area contributed by atoms with Crippen LogP contribution in [0, 0.1) is 6.57 Å². The van der Waals surface area contributed by atoms with Gasteiger partial charge in [0.1, 0.15) is 0 Å². The maximum atomic E-state index is 7.64. The number of benzene rings is 5. The van der Waals surface area contributed by atoms with Gasteiger partial charge in [-0.15, -0.1) is 0 Å². The number of fused-ring (bicyclic) bond motifs is 3. The Bertz CT molecular complexity index is 1910. The summed E-state index contributed by atoms with van der Waals surface area (Å²) < 4.78 is 0. The Morgan fingerprint density at radius 2 is 1.07 bits per heavy atom. The lowest BCUT2D eigenvalue weighted by Gasteiger charge is -2.22. The fourth-order valence-electron chi connectivity index (χ4n) is 5.93. The van der Waals surface area contributed by atoms with Gasteiger partial charge in [0.2, 0.25) is 0 Å². The monoisotopic (exact) mass is 526 g/mol. The van der Waals surface area contributed by atoms with Crippen LogP contribution in [-0.4, -0.2) is 15.0 Å². The van der Waals surface area contributed by atoms with Crippen molar-refractivity contribution >= 4 is 5.69 Å². The molecule has 7 rings (SSSR count). The number of nitrogens with zero attached hydrogens (tertiary/aromatic N) is 4. The van der Waals surface area contributed by atoms with Gasteiger partial charge in [-0.2, -0.15) is 0 Å². The molecule has 4 nitrogen and oxygen atoms in total. The van der Waals surface area contributed by atoms with Gasteiger partial charge in [-0.1, -0.05) is 129 Å². The molecule has 6 aromatic rings. The van der Waals surface area contributed by atoms with Crippen LogP contribution in [0.1, 0.15) is 25.0 Å². The molecule has 1 aliphatic rings. The van der Waals surface area contributed by atoms with Crippen molar-refractivity contribution in [2.45, 2.75) is 19.3 Å². The normalized spacial score (nSPS) is 12.8. The van der Waals surface area contributed by atoms with Crippen LogP contribution in [-0.2, 0) is 5.41 Å². The van der Waals surface area contributed by atoms with Crippen molar-refractivity contribution in [3.05, 3.63) is 144 Å². The summed E-state index contributed by atoms with van der Waals surface area (Å²) in [5.74, 6) is 1.89. The molecular formula is C37H26N4. The summed E-state index contributed by atoms with van der Waals surface area (Å²) in [5.41, 5.74) is 10.2. The second-order valence-electron chi connectivity index (χ2n) is 10.8. The van der Waals surface area contributed by atoms with Gasteiger partial charge >= 0.3 is 0 Å². The van der Waals surface area contributed by atoms with Crippen LogP contribution in [0.3, 0.4) is 0 Å². The SMILES string of the molecule is [C-]#[N+]c1ccc2c(c1)-c1c(-c3ccccc3-c3nc(-c4ccccc4)nc(-c4ccccc4)n3)cccc1C2(C)C. The third-order valence-corrected chi connectivity index (χ3v) is 7.97. The summed E-state index contributed by atoms with van der Waals surface area (Å²) in [4.78, 5) is 18.6. The fourth-order valence-corrected chi connectivity index (χ4v) is 5.93. The first-order chi connectivity index (χ1) is 20.0. The molecule has 0 N–H and O–H groups in total. The van der Waals surface area contributed by atoms with E-state index in [1.54, 1.807) is 0 Å². The molecule has 41 heavy (non-hydrogen) atoms. The van der Waals surface area contributed by atoms with Crippen LogP contribution < -0.4 is 0 Å². The Kier molecular flexibility index (Phi) is 5.80. The van der Waals surface area contributed by atoms with Crippen LogP contribution >= 0.6 is 0 Å². The molecule has 1 aliphatic carbocycles. The largest absolute Gasteiger partial charge is 0.238 e. The molecule has 0 atom stereocenters. The molecule has 0 unspecified atom stereocenters. The number of aromatic nitrogens is 3. The fraction of sp³-hybridized carbons (Fsp3) is 0.0811. The topological polar surface area (TPSA) is 43.0 Å². The van der Waals surface area contributed by atoms with Crippen LogP contribution in [0.5, 0.6) is 0 Å². The Morgan fingerprint density at radius 1 is 0.512 bits per heavy atom. The maximum Gasteiger partial charge on any atom is 0.187 e. The highest BCUT2D eigenvalue weighted by molar-refractivity contribution is 5.97. The molecule has 0 spiro atoms. The van der Waals surface area contributed by atoms with E-state index in [-0.39, 0.29) is 5.41 Å². The summed E-state index contributed by atoms with van der Waals surface area (Å²) >= 11 is 0. The van der Waals surface area contributed by atoms with Crippen molar-refractivity contribution < 1.29 is 0 Å². The van der Waals surface area contributed by atoms with Gasteiger partial charge in [0.15, 0.2) is 23.2 Å². The van der Waals surface area contributed by atoms with Crippen molar-refractivity contribution in [1.82, 2.24) is 15.0 Å². The minimum Gasteiger partial charge on any atom is -0.238 e. The lowest BCUT2D eigenvalue weighted by atomic mass is 9.82. The van der Waals surface area contributed by atoms with E-state index in [4.69, 9.17) is 21.5 Å². The number of hydrogen-bond donors (Lipinski definition) is 0. The Labute approximate surface area is 239 Å². The van der Waals surface area contributed by atoms with Crippen molar-refractivity contribution in [1.29, 1.82) is 0 Å². The zero-order chi connectivity index (χ0) is 28.0. The van der Waals surface area contributed by atoms with Gasteiger partial charge in [0.05, 0.1) is 6.57 Å². The van der Waals surface area contributed by atoms with E-state index in [0.717, 1.165) is 33.4 Å². The zero-order valence-electron chi connectivity index (χ0n) is 22.8. The van der Waals surface area contributed by atoms with E-state index in [1.807, 2.05) is 78.9 Å². The van der Waals surface area contributed by atoms with Crippen molar-refractivity contribution in [3.63, 3.8) is 0 Å². The highest BCUT2D eigenvalue weighted by Crippen LogP contribution is 2.53. The second-order valence-corrected chi connectivity index (χ2v) is 10.8. The highest BCUT2D eigenvalue weighted by atomic mass is 15.0. The third-order valence-electron chi connectivity index (χ3n) is 7.97. The summed E-state index contributed by atoms with van der Waals surface area (Å²) in [6.45, 7) is 12.2. The number of hydrogen-bond acceptors (Lipinski definition) is 3. The van der Waals surface area contributed by atoms with E-state index in [0.29, 0.717) is 23.2 Å². The third kappa shape index (κ3) is 4.11. The zero-order valence-corrected chi connectivity index (χ0v) is 22.8. The van der Waals surface area contributed by atoms with E-state index >= 15 is 0 Å². The first-order valence-corrected chi connectivity index (χ1v) is 13.7. The molecule has 1 heterocycles. The average molecular weight is 527 g/mol. The molecule has 0 bridgehead atoms. The molecule has 4 heteroatoms. The van der Waals surface area contributed by atoms with E-state index in [2.05, 4.69) is 61.2 Å². The molecule has 1 aromatic heterocycles. The van der Waals surface area contributed by atoms with Crippen molar-refractivity contribution in [2.75, 3.05) is 0 Å². The molecule has 194 valence electrons. The quantitative estimate of drug-likeness (QED) is 0.215. The predicted octanol–water partition coefficient (Wildman–Crippen LogP) is 9.40. The summed E-state index contributed by atoms with van der Waals surface area (Å²) in [6.07, 6.45) is 0. The van der Waals surface area contributed by atoms with Crippen molar-refractivity contribution in [2.24, 2.45) is 0 Å². The first kappa shape index (κ1) is 24.6. The molecule has 0 saturated heterocycles. The van der Waals surface area contributed by atoms with Crippen LogP contribution in [0.25, 0.3) is 61.3 Å². The molecule has 5 aromatic carbocycles. The van der Waals surface area contributed by atoms with E-state index < -0.39 is 0 Å². The van der Waals surface area contributed by atoms with Crippen LogP contribution in [0.4, 0.5) is 5.69 Å². The van der Waals surface area contributed by atoms with E-state index in [1.165, 1.54) is 16.7 Å². The van der Waals surface area contributed by atoms with Crippen LogP contribution in [0.15, 0.2) is 121 Å². The lowest BCUT2D eigenvalue weighted by Crippen LogP contribution is -2.14. The Morgan fingerprint density at radius 3 is 1.71 bits per heavy atom. The first-order valence-electron chi connectivity index (χ1n) is 13.7. The highest BCUT2D eigenvalue weighted by Gasteiger charge is 2.37. The van der Waals surface area contributed by atoms with Gasteiger partial charge in [0, 0.05) is 22.1 Å². The minimum absolute atomic E-state index is 0.176. The summed E-state index contributed by atoms with van der Waals surface area (Å²) in [7, 11) is 0. The number of rotatable bonds is 4. The maximum absolute atomic E-state index is 7.64. The van der Waals surface area contributed by atoms with Gasteiger partial charge in [-0.3, -0.25) is 0 Å². The molecular weight excluding hydrogens is 500 g/mol.